The average Bonchev–Trinajstić information content (AvgIpc) is 3.07. The molecule has 1 unspecified atom stereocenters. The second-order valence-corrected chi connectivity index (χ2v) is 5.11. The second kappa shape index (κ2) is 10.6. The Morgan fingerprint density at radius 3 is 2.83 bits per heavy atom. The molecule has 0 aliphatic heterocycles. The minimum absolute atomic E-state index is 0.173. The molecule has 6 nitrogen and oxygen atoms in total. The predicted octanol–water partition coefficient (Wildman–Crippen LogP) is 2.36. The third kappa shape index (κ3) is 7.15. The van der Waals surface area contributed by atoms with Crippen molar-refractivity contribution in [1.82, 2.24) is 4.90 Å². The van der Waals surface area contributed by atoms with Crippen molar-refractivity contribution in [1.29, 1.82) is 0 Å². The van der Waals surface area contributed by atoms with Gasteiger partial charge in [0, 0.05) is 32.4 Å². The fourth-order valence-corrected chi connectivity index (χ4v) is 2.04. The third-order valence-electron chi connectivity index (χ3n) is 3.26. The van der Waals surface area contributed by atoms with Gasteiger partial charge in [0.1, 0.15) is 5.76 Å². The van der Waals surface area contributed by atoms with Crippen molar-refractivity contribution < 1.29 is 23.5 Å². The number of methoxy groups -OCH3 is 1. The summed E-state index contributed by atoms with van der Waals surface area (Å²) in [6.07, 6.45) is 5.32. The molecule has 0 aliphatic rings. The van der Waals surface area contributed by atoms with Crippen molar-refractivity contribution in [2.24, 2.45) is 5.92 Å². The van der Waals surface area contributed by atoms with Crippen LogP contribution in [0.1, 0.15) is 26.0 Å². The lowest BCUT2D eigenvalue weighted by Gasteiger charge is -2.23. The van der Waals surface area contributed by atoms with Gasteiger partial charge in [0.25, 0.3) is 0 Å². The van der Waals surface area contributed by atoms with Crippen LogP contribution >= 0.6 is 0 Å². The lowest BCUT2D eigenvalue weighted by Crippen LogP contribution is -2.37. The quantitative estimate of drug-likeness (QED) is 0.375. The summed E-state index contributed by atoms with van der Waals surface area (Å²) in [6, 6.07) is 3.52. The molecule has 1 atom stereocenters. The smallest absolute Gasteiger partial charge is 0.310 e. The van der Waals surface area contributed by atoms with Crippen molar-refractivity contribution in [3.63, 3.8) is 0 Å². The molecule has 0 aromatic carbocycles. The summed E-state index contributed by atoms with van der Waals surface area (Å²) >= 11 is 0. The van der Waals surface area contributed by atoms with E-state index in [1.54, 1.807) is 36.3 Å². The van der Waals surface area contributed by atoms with E-state index >= 15 is 0 Å². The van der Waals surface area contributed by atoms with Gasteiger partial charge in [-0.2, -0.15) is 0 Å². The molecule has 1 rings (SSSR count). The molecule has 1 amide bonds. The first-order valence-electron chi connectivity index (χ1n) is 7.74. The lowest BCUT2D eigenvalue weighted by atomic mass is 10.1. The molecule has 0 aliphatic carbocycles. The number of amides is 1. The first-order valence-corrected chi connectivity index (χ1v) is 7.74. The number of hydrogen-bond donors (Lipinski definition) is 0. The Balaban J connectivity index is 2.64. The largest absolute Gasteiger partial charge is 0.469 e. The summed E-state index contributed by atoms with van der Waals surface area (Å²) in [6.45, 7) is 5.71. The molecule has 0 saturated carbocycles. The van der Waals surface area contributed by atoms with E-state index in [9.17, 15) is 9.59 Å². The summed E-state index contributed by atoms with van der Waals surface area (Å²) in [5.74, 6) is -0.280. The maximum Gasteiger partial charge on any atom is 0.310 e. The highest BCUT2D eigenvalue weighted by atomic mass is 16.5. The van der Waals surface area contributed by atoms with Crippen LogP contribution in [0.15, 0.2) is 28.9 Å². The van der Waals surface area contributed by atoms with Gasteiger partial charge < -0.3 is 18.8 Å². The first-order chi connectivity index (χ1) is 11.1. The molecule has 1 aromatic rings. The van der Waals surface area contributed by atoms with E-state index in [0.29, 0.717) is 38.5 Å². The van der Waals surface area contributed by atoms with Crippen LogP contribution in [-0.4, -0.2) is 50.2 Å². The van der Waals surface area contributed by atoms with Gasteiger partial charge in [0.2, 0.25) is 5.91 Å². The zero-order valence-electron chi connectivity index (χ0n) is 14.0. The van der Waals surface area contributed by atoms with E-state index in [1.807, 2.05) is 6.92 Å². The van der Waals surface area contributed by atoms with E-state index in [0.717, 1.165) is 0 Å². The standard InChI is InChI=1S/C17H25NO5/c1-4-22-11-6-10-18(13-14(2)17(20)21-3)16(19)9-8-15-7-5-12-23-15/h5,7-9,12,14H,4,6,10-11,13H2,1-3H3. The van der Waals surface area contributed by atoms with E-state index < -0.39 is 0 Å². The Labute approximate surface area is 137 Å². The molecular formula is C17H25NO5. The summed E-state index contributed by atoms with van der Waals surface area (Å²) in [5, 5.41) is 0. The van der Waals surface area contributed by atoms with E-state index in [1.165, 1.54) is 13.2 Å². The molecule has 1 heterocycles. The number of nitrogens with zero attached hydrogens (tertiary/aromatic N) is 1. The van der Waals surface area contributed by atoms with Crippen LogP contribution in [0.25, 0.3) is 6.08 Å². The molecule has 0 radical (unpaired) electrons. The maximum absolute atomic E-state index is 12.4. The van der Waals surface area contributed by atoms with E-state index in [2.05, 4.69) is 0 Å². The minimum Gasteiger partial charge on any atom is -0.469 e. The van der Waals surface area contributed by atoms with E-state index in [-0.39, 0.29) is 17.8 Å². The van der Waals surface area contributed by atoms with Gasteiger partial charge >= 0.3 is 5.97 Å². The summed E-state index contributed by atoms with van der Waals surface area (Å²) < 4.78 is 15.2. The number of ether oxygens (including phenoxy) is 2. The molecule has 0 bridgehead atoms. The molecule has 128 valence electrons. The van der Waals surface area contributed by atoms with Gasteiger partial charge in [0.15, 0.2) is 0 Å². The van der Waals surface area contributed by atoms with Gasteiger partial charge in [-0.25, -0.2) is 0 Å². The number of carbonyl (C=O) groups is 2. The first kappa shape index (κ1) is 19.0. The van der Waals surface area contributed by atoms with Crippen molar-refractivity contribution in [2.75, 3.05) is 33.4 Å². The van der Waals surface area contributed by atoms with Crippen LogP contribution in [-0.2, 0) is 19.1 Å². The number of hydrogen-bond acceptors (Lipinski definition) is 5. The molecular weight excluding hydrogens is 298 g/mol. The Morgan fingerprint density at radius 1 is 1.43 bits per heavy atom. The Hall–Kier alpha value is -2.08. The van der Waals surface area contributed by atoms with Crippen LogP contribution in [0.3, 0.4) is 0 Å². The fourth-order valence-electron chi connectivity index (χ4n) is 2.04. The zero-order valence-corrected chi connectivity index (χ0v) is 14.0. The number of carbonyl (C=O) groups excluding carboxylic acids is 2. The SMILES string of the molecule is CCOCCCN(CC(C)C(=O)OC)C(=O)C=Cc1ccco1. The van der Waals surface area contributed by atoms with Crippen LogP contribution in [0.5, 0.6) is 0 Å². The average molecular weight is 323 g/mol. The summed E-state index contributed by atoms with van der Waals surface area (Å²) in [4.78, 5) is 25.6. The van der Waals surface area contributed by atoms with E-state index in [4.69, 9.17) is 13.9 Å². The number of rotatable bonds is 10. The van der Waals surface area contributed by atoms with Crippen molar-refractivity contribution in [2.45, 2.75) is 20.3 Å². The van der Waals surface area contributed by atoms with Crippen LogP contribution in [0, 0.1) is 5.92 Å². The number of esters is 1. The Morgan fingerprint density at radius 2 is 2.22 bits per heavy atom. The zero-order chi connectivity index (χ0) is 17.1. The minimum atomic E-state index is -0.381. The van der Waals surface area contributed by atoms with Crippen LogP contribution < -0.4 is 0 Å². The van der Waals surface area contributed by atoms with Gasteiger partial charge in [-0.3, -0.25) is 9.59 Å². The normalized spacial score (nSPS) is 12.3. The van der Waals surface area contributed by atoms with Crippen molar-refractivity contribution in [3.05, 3.63) is 30.2 Å². The molecule has 1 aromatic heterocycles. The Bertz CT molecular complexity index is 495. The summed E-state index contributed by atoms with van der Waals surface area (Å²) in [5.41, 5.74) is 0. The monoisotopic (exact) mass is 323 g/mol. The third-order valence-corrected chi connectivity index (χ3v) is 3.26. The Kier molecular flexibility index (Phi) is 8.75. The van der Waals surface area contributed by atoms with Gasteiger partial charge in [0.05, 0.1) is 19.3 Å². The molecule has 6 heteroatoms. The highest BCUT2D eigenvalue weighted by Gasteiger charge is 2.20. The highest BCUT2D eigenvalue weighted by Crippen LogP contribution is 2.07. The molecule has 0 saturated heterocycles. The van der Waals surface area contributed by atoms with Gasteiger partial charge in [-0.1, -0.05) is 6.92 Å². The molecule has 0 N–H and O–H groups in total. The van der Waals surface area contributed by atoms with Crippen molar-refractivity contribution in [3.8, 4) is 0 Å². The molecule has 23 heavy (non-hydrogen) atoms. The van der Waals surface area contributed by atoms with Gasteiger partial charge in [-0.15, -0.1) is 0 Å². The molecule has 0 fully saturated rings. The van der Waals surface area contributed by atoms with Crippen molar-refractivity contribution >= 4 is 18.0 Å². The number of furan rings is 1. The topological polar surface area (TPSA) is 69.0 Å². The van der Waals surface area contributed by atoms with Crippen LogP contribution in [0.4, 0.5) is 0 Å². The molecule has 0 spiro atoms. The van der Waals surface area contributed by atoms with Gasteiger partial charge in [-0.05, 0) is 31.6 Å². The highest BCUT2D eigenvalue weighted by molar-refractivity contribution is 5.91. The maximum atomic E-state index is 12.4. The van der Waals surface area contributed by atoms with Crippen LogP contribution in [0.2, 0.25) is 0 Å². The lowest BCUT2D eigenvalue weighted by molar-refractivity contribution is -0.146. The predicted molar refractivity (Wildman–Crippen MR) is 86.6 cm³/mol. The second-order valence-electron chi connectivity index (χ2n) is 5.11. The fraction of sp³-hybridized carbons (Fsp3) is 0.529. The summed E-state index contributed by atoms with van der Waals surface area (Å²) in [7, 11) is 1.34.